The Bertz CT molecular complexity index is 413. The Balaban J connectivity index is 2.40. The van der Waals surface area contributed by atoms with Crippen molar-refractivity contribution in [2.75, 3.05) is 0 Å². The van der Waals surface area contributed by atoms with Gasteiger partial charge in [0.2, 0.25) is 11.8 Å². The molecule has 0 aromatic heterocycles. The molecule has 1 spiro atoms. The molecule has 19 heavy (non-hydrogen) atoms. The molecule has 1 saturated heterocycles. The van der Waals surface area contributed by atoms with Crippen molar-refractivity contribution in [1.29, 1.82) is 0 Å². The second kappa shape index (κ2) is 4.07. The highest BCUT2D eigenvalue weighted by molar-refractivity contribution is 6.06. The highest BCUT2D eigenvalue weighted by Gasteiger charge is 2.61. The number of imide groups is 1. The number of nitrogens with one attached hydrogen (secondary N) is 1. The number of hydrogen-bond acceptors (Lipinski definition) is 2. The smallest absolute Gasteiger partial charge is 0.233 e. The summed E-state index contributed by atoms with van der Waals surface area (Å²) in [5.41, 5.74) is -0.200. The summed E-state index contributed by atoms with van der Waals surface area (Å²) in [5, 5.41) is 2.55. The van der Waals surface area contributed by atoms with Gasteiger partial charge in [-0.2, -0.15) is 0 Å². The van der Waals surface area contributed by atoms with Gasteiger partial charge in [0.05, 0.1) is 5.41 Å². The molecular weight excluding hydrogens is 238 g/mol. The van der Waals surface area contributed by atoms with Crippen molar-refractivity contribution in [3.63, 3.8) is 0 Å². The minimum Gasteiger partial charge on any atom is -0.296 e. The van der Waals surface area contributed by atoms with Gasteiger partial charge >= 0.3 is 0 Å². The largest absolute Gasteiger partial charge is 0.296 e. The molecule has 1 aliphatic heterocycles. The highest BCUT2D eigenvalue weighted by Crippen LogP contribution is 2.60. The van der Waals surface area contributed by atoms with E-state index in [2.05, 4.69) is 46.9 Å². The first-order chi connectivity index (χ1) is 8.47. The lowest BCUT2D eigenvalue weighted by Crippen LogP contribution is -2.40. The Kier molecular flexibility index (Phi) is 3.11. The summed E-state index contributed by atoms with van der Waals surface area (Å²) in [6.07, 6.45) is 2.30. The van der Waals surface area contributed by atoms with Crippen LogP contribution in [-0.4, -0.2) is 11.8 Å². The van der Waals surface area contributed by atoms with E-state index in [0.717, 1.165) is 12.8 Å². The molecule has 3 nitrogen and oxygen atoms in total. The lowest BCUT2D eigenvalue weighted by molar-refractivity contribution is -0.131. The third-order valence-corrected chi connectivity index (χ3v) is 5.25. The summed E-state index contributed by atoms with van der Waals surface area (Å²) in [6.45, 7) is 13.3. The number of amides is 2. The quantitative estimate of drug-likeness (QED) is 0.684. The van der Waals surface area contributed by atoms with E-state index in [0.29, 0.717) is 12.3 Å². The van der Waals surface area contributed by atoms with Crippen LogP contribution < -0.4 is 5.32 Å². The molecule has 0 aromatic carbocycles. The molecule has 1 aliphatic carbocycles. The van der Waals surface area contributed by atoms with E-state index < -0.39 is 5.41 Å². The zero-order valence-electron chi connectivity index (χ0n) is 13.1. The molecule has 2 aliphatic rings. The van der Waals surface area contributed by atoms with Crippen LogP contribution in [0, 0.1) is 28.1 Å². The van der Waals surface area contributed by atoms with E-state index in [-0.39, 0.29) is 28.6 Å². The maximum atomic E-state index is 12.4. The predicted octanol–water partition coefficient (Wildman–Crippen LogP) is 3.14. The lowest BCUT2D eigenvalue weighted by atomic mass is 9.65. The van der Waals surface area contributed by atoms with E-state index in [1.54, 1.807) is 0 Å². The molecule has 2 rings (SSSR count). The second-order valence-corrected chi connectivity index (χ2v) is 8.63. The summed E-state index contributed by atoms with van der Waals surface area (Å²) < 4.78 is 0. The van der Waals surface area contributed by atoms with Crippen LogP contribution in [0.5, 0.6) is 0 Å². The van der Waals surface area contributed by atoms with Crippen molar-refractivity contribution < 1.29 is 9.59 Å². The van der Waals surface area contributed by atoms with Gasteiger partial charge in [0, 0.05) is 6.42 Å². The Hall–Kier alpha value is -0.860. The summed E-state index contributed by atoms with van der Waals surface area (Å²) >= 11 is 0. The number of rotatable bonds is 0. The molecule has 0 bridgehead atoms. The van der Waals surface area contributed by atoms with E-state index >= 15 is 0 Å². The van der Waals surface area contributed by atoms with E-state index in [9.17, 15) is 9.59 Å². The number of carbonyl (C=O) groups excluding carboxylic acids is 2. The maximum Gasteiger partial charge on any atom is 0.233 e. The molecule has 0 radical (unpaired) electrons. The van der Waals surface area contributed by atoms with Crippen molar-refractivity contribution in [3.8, 4) is 0 Å². The fourth-order valence-corrected chi connectivity index (χ4v) is 4.13. The first-order valence-electron chi connectivity index (χ1n) is 7.31. The highest BCUT2D eigenvalue weighted by atomic mass is 16.2. The molecule has 3 unspecified atom stereocenters. The van der Waals surface area contributed by atoms with E-state index in [1.165, 1.54) is 0 Å². The van der Waals surface area contributed by atoms with Gasteiger partial charge in [0.15, 0.2) is 0 Å². The normalized spacial score (nSPS) is 36.1. The molecule has 1 N–H and O–H groups in total. The molecule has 3 atom stereocenters. The molecule has 108 valence electrons. The molecule has 1 heterocycles. The predicted molar refractivity (Wildman–Crippen MR) is 75.3 cm³/mol. The van der Waals surface area contributed by atoms with Crippen molar-refractivity contribution in [2.45, 2.75) is 60.8 Å². The Morgan fingerprint density at radius 3 is 2.00 bits per heavy atom. The molecule has 1 saturated carbocycles. The SMILES string of the molecule is CC(C)(C)C1CC(C(C)(C)C)C2(CC(=O)NC2=O)C1. The number of carbonyl (C=O) groups is 2. The van der Waals surface area contributed by atoms with Crippen molar-refractivity contribution in [2.24, 2.45) is 28.1 Å². The van der Waals surface area contributed by atoms with Crippen molar-refractivity contribution >= 4 is 11.8 Å². The monoisotopic (exact) mass is 265 g/mol. The molecule has 0 aromatic rings. The van der Waals surface area contributed by atoms with Crippen molar-refractivity contribution in [3.05, 3.63) is 0 Å². The third kappa shape index (κ3) is 2.32. The minimum absolute atomic E-state index is 0.0239. The standard InChI is InChI=1S/C16H27NO2/c1-14(2,3)10-7-11(15(4,5)6)16(8-10)9-12(18)17-13(16)19/h10-11H,7-9H2,1-6H3,(H,17,18,19). The van der Waals surface area contributed by atoms with Crippen LogP contribution in [0.3, 0.4) is 0 Å². The van der Waals surface area contributed by atoms with Gasteiger partial charge in [0.1, 0.15) is 0 Å². The van der Waals surface area contributed by atoms with Crippen LogP contribution in [0.1, 0.15) is 60.8 Å². The Morgan fingerprint density at radius 1 is 1.05 bits per heavy atom. The summed E-state index contributed by atoms with van der Waals surface area (Å²) in [6, 6.07) is 0. The molecule has 2 fully saturated rings. The lowest BCUT2D eigenvalue weighted by Gasteiger charge is -2.37. The average Bonchev–Trinajstić information content (AvgIpc) is 2.68. The Labute approximate surface area is 116 Å². The maximum absolute atomic E-state index is 12.4. The fourth-order valence-electron chi connectivity index (χ4n) is 4.13. The zero-order chi connectivity index (χ0) is 14.6. The summed E-state index contributed by atoms with van der Waals surface area (Å²) in [7, 11) is 0. The van der Waals surface area contributed by atoms with Gasteiger partial charge in [-0.15, -0.1) is 0 Å². The van der Waals surface area contributed by atoms with Gasteiger partial charge in [-0.3, -0.25) is 14.9 Å². The van der Waals surface area contributed by atoms with Gasteiger partial charge in [-0.05, 0) is 35.5 Å². The first-order valence-corrected chi connectivity index (χ1v) is 7.31. The van der Waals surface area contributed by atoms with Crippen LogP contribution in [0.2, 0.25) is 0 Å². The topological polar surface area (TPSA) is 46.2 Å². The van der Waals surface area contributed by atoms with Crippen LogP contribution in [0.4, 0.5) is 0 Å². The van der Waals surface area contributed by atoms with Crippen LogP contribution >= 0.6 is 0 Å². The average molecular weight is 265 g/mol. The van der Waals surface area contributed by atoms with Crippen LogP contribution in [-0.2, 0) is 9.59 Å². The number of hydrogen-bond donors (Lipinski definition) is 1. The Morgan fingerprint density at radius 2 is 1.63 bits per heavy atom. The van der Waals surface area contributed by atoms with Crippen LogP contribution in [0.25, 0.3) is 0 Å². The van der Waals surface area contributed by atoms with E-state index in [4.69, 9.17) is 0 Å². The fraction of sp³-hybridized carbons (Fsp3) is 0.875. The first kappa shape index (κ1) is 14.5. The third-order valence-electron chi connectivity index (χ3n) is 5.25. The zero-order valence-corrected chi connectivity index (χ0v) is 13.1. The molecular formula is C16H27NO2. The van der Waals surface area contributed by atoms with Gasteiger partial charge in [-0.1, -0.05) is 41.5 Å². The summed E-state index contributed by atoms with van der Waals surface area (Å²) in [5.74, 6) is 0.682. The van der Waals surface area contributed by atoms with Crippen LogP contribution in [0.15, 0.2) is 0 Å². The van der Waals surface area contributed by atoms with Crippen molar-refractivity contribution in [1.82, 2.24) is 5.32 Å². The van der Waals surface area contributed by atoms with Gasteiger partial charge in [-0.25, -0.2) is 0 Å². The summed E-state index contributed by atoms with van der Waals surface area (Å²) in [4.78, 5) is 24.1. The van der Waals surface area contributed by atoms with Gasteiger partial charge in [0.25, 0.3) is 0 Å². The minimum atomic E-state index is -0.451. The molecule has 3 heteroatoms. The van der Waals surface area contributed by atoms with Gasteiger partial charge < -0.3 is 0 Å². The second-order valence-electron chi connectivity index (χ2n) is 8.63. The molecule has 2 amide bonds. The van der Waals surface area contributed by atoms with E-state index in [1.807, 2.05) is 0 Å².